The fourth-order valence-corrected chi connectivity index (χ4v) is 4.43. The molecule has 0 spiro atoms. The predicted octanol–water partition coefficient (Wildman–Crippen LogP) is 2.50. The van der Waals surface area contributed by atoms with Crippen LogP contribution in [0.25, 0.3) is 0 Å². The maximum Gasteiger partial charge on any atom is 0.231 e. The molecule has 0 radical (unpaired) electrons. The first kappa shape index (κ1) is 14.0. The minimum Gasteiger partial charge on any atom is -0.396 e. The van der Waals surface area contributed by atoms with E-state index < -0.39 is 0 Å². The average molecular weight is 291 g/mol. The molecule has 20 heavy (non-hydrogen) atoms. The van der Waals surface area contributed by atoms with Gasteiger partial charge in [-0.05, 0) is 37.3 Å². The summed E-state index contributed by atoms with van der Waals surface area (Å²) in [6.45, 7) is 3.02. The standard InChI is InChI=1S/C16H21NO2S/c1-11-6-7-12(9-18)8-17(11)16(19)14-10-20-15-5-3-2-4-13(14)15/h2-5,11-12,14,18H,6-10H2,1H3. The largest absolute Gasteiger partial charge is 0.396 e. The van der Waals surface area contributed by atoms with Crippen LogP contribution in [0.1, 0.15) is 31.2 Å². The number of amides is 1. The van der Waals surface area contributed by atoms with E-state index in [1.807, 2.05) is 17.0 Å². The summed E-state index contributed by atoms with van der Waals surface area (Å²) in [5, 5.41) is 9.36. The van der Waals surface area contributed by atoms with Crippen LogP contribution in [0.3, 0.4) is 0 Å². The van der Waals surface area contributed by atoms with Gasteiger partial charge in [0.05, 0.1) is 5.92 Å². The molecule has 2 aliphatic heterocycles. The van der Waals surface area contributed by atoms with Crippen molar-refractivity contribution in [3.63, 3.8) is 0 Å². The van der Waals surface area contributed by atoms with Crippen molar-refractivity contribution < 1.29 is 9.90 Å². The molecule has 0 bridgehead atoms. The molecule has 4 heteroatoms. The summed E-state index contributed by atoms with van der Waals surface area (Å²) < 4.78 is 0. The third kappa shape index (κ3) is 2.47. The van der Waals surface area contributed by atoms with Gasteiger partial charge in [-0.3, -0.25) is 4.79 Å². The van der Waals surface area contributed by atoms with Gasteiger partial charge in [0.25, 0.3) is 0 Å². The Labute approximate surface area is 124 Å². The van der Waals surface area contributed by atoms with E-state index >= 15 is 0 Å². The molecule has 1 aromatic rings. The van der Waals surface area contributed by atoms with Gasteiger partial charge >= 0.3 is 0 Å². The molecule has 3 unspecified atom stereocenters. The lowest BCUT2D eigenvalue weighted by Gasteiger charge is -2.38. The summed E-state index contributed by atoms with van der Waals surface area (Å²) in [5.74, 6) is 1.34. The van der Waals surface area contributed by atoms with Gasteiger partial charge in [0, 0.05) is 29.8 Å². The van der Waals surface area contributed by atoms with Crippen LogP contribution in [-0.4, -0.2) is 40.9 Å². The SMILES string of the molecule is CC1CCC(CO)CN1C(=O)C1CSc2ccccc21. The van der Waals surface area contributed by atoms with Crippen LogP contribution >= 0.6 is 11.8 Å². The van der Waals surface area contributed by atoms with Crippen LogP contribution in [0.5, 0.6) is 0 Å². The molecule has 1 N–H and O–H groups in total. The van der Waals surface area contributed by atoms with E-state index in [4.69, 9.17) is 0 Å². The van der Waals surface area contributed by atoms with Crippen molar-refractivity contribution in [2.45, 2.75) is 36.6 Å². The average Bonchev–Trinajstić information content (AvgIpc) is 2.91. The number of rotatable bonds is 2. The number of carbonyl (C=O) groups is 1. The lowest BCUT2D eigenvalue weighted by atomic mass is 9.91. The zero-order chi connectivity index (χ0) is 14.1. The maximum absolute atomic E-state index is 12.9. The normalized spacial score (nSPS) is 29.3. The highest BCUT2D eigenvalue weighted by molar-refractivity contribution is 7.99. The molecule has 0 aliphatic carbocycles. The smallest absolute Gasteiger partial charge is 0.231 e. The molecule has 3 atom stereocenters. The van der Waals surface area contributed by atoms with Crippen molar-refractivity contribution in [3.05, 3.63) is 29.8 Å². The van der Waals surface area contributed by atoms with E-state index in [1.54, 1.807) is 11.8 Å². The van der Waals surface area contributed by atoms with E-state index in [2.05, 4.69) is 19.1 Å². The maximum atomic E-state index is 12.9. The van der Waals surface area contributed by atoms with Gasteiger partial charge in [0.15, 0.2) is 0 Å². The Balaban J connectivity index is 1.79. The first-order chi connectivity index (χ1) is 9.70. The number of thioether (sulfide) groups is 1. The van der Waals surface area contributed by atoms with Gasteiger partial charge < -0.3 is 10.0 Å². The molecule has 2 heterocycles. The molecule has 0 aromatic heterocycles. The first-order valence-electron chi connectivity index (χ1n) is 7.33. The molecule has 1 fully saturated rings. The molecule has 2 aliphatic rings. The molecule has 3 rings (SSSR count). The Hall–Kier alpha value is -1.00. The molecule has 0 saturated carbocycles. The minimum atomic E-state index is -0.00362. The Morgan fingerprint density at radius 2 is 2.20 bits per heavy atom. The number of piperidine rings is 1. The number of fused-ring (bicyclic) bond motifs is 1. The van der Waals surface area contributed by atoms with Crippen LogP contribution in [0.2, 0.25) is 0 Å². The second-order valence-electron chi connectivity index (χ2n) is 5.87. The monoisotopic (exact) mass is 291 g/mol. The third-order valence-electron chi connectivity index (χ3n) is 4.52. The Kier molecular flexibility index (Phi) is 4.03. The number of benzene rings is 1. The fourth-order valence-electron chi connectivity index (χ4n) is 3.21. The van der Waals surface area contributed by atoms with E-state index in [0.29, 0.717) is 12.6 Å². The van der Waals surface area contributed by atoms with Gasteiger partial charge in [-0.1, -0.05) is 18.2 Å². The number of hydrogen-bond acceptors (Lipinski definition) is 3. The van der Waals surface area contributed by atoms with E-state index in [0.717, 1.165) is 18.6 Å². The van der Waals surface area contributed by atoms with Crippen molar-refractivity contribution in [2.24, 2.45) is 5.92 Å². The molecule has 1 amide bonds. The zero-order valence-electron chi connectivity index (χ0n) is 11.8. The first-order valence-corrected chi connectivity index (χ1v) is 8.32. The minimum absolute atomic E-state index is 0.00362. The van der Waals surface area contributed by atoms with E-state index in [-0.39, 0.29) is 24.3 Å². The molecular weight excluding hydrogens is 270 g/mol. The topological polar surface area (TPSA) is 40.5 Å². The highest BCUT2D eigenvalue weighted by Crippen LogP contribution is 2.41. The summed E-state index contributed by atoms with van der Waals surface area (Å²) >= 11 is 1.78. The van der Waals surface area contributed by atoms with Crippen molar-refractivity contribution in [1.29, 1.82) is 0 Å². The molecule has 1 aromatic carbocycles. The summed E-state index contributed by atoms with van der Waals surface area (Å²) in [7, 11) is 0. The number of aliphatic hydroxyl groups excluding tert-OH is 1. The summed E-state index contributed by atoms with van der Waals surface area (Å²) in [4.78, 5) is 16.1. The highest BCUT2D eigenvalue weighted by Gasteiger charge is 2.36. The van der Waals surface area contributed by atoms with Gasteiger partial charge in [0.1, 0.15) is 0 Å². The quantitative estimate of drug-likeness (QED) is 0.910. The van der Waals surface area contributed by atoms with Crippen molar-refractivity contribution in [1.82, 2.24) is 4.90 Å². The van der Waals surface area contributed by atoms with Gasteiger partial charge in [-0.15, -0.1) is 11.8 Å². The van der Waals surface area contributed by atoms with Crippen LogP contribution in [-0.2, 0) is 4.79 Å². The Morgan fingerprint density at radius 1 is 1.40 bits per heavy atom. The summed E-state index contributed by atoms with van der Waals surface area (Å²) in [6, 6.07) is 8.52. The van der Waals surface area contributed by atoms with Crippen molar-refractivity contribution in [3.8, 4) is 0 Å². The Bertz CT molecular complexity index is 505. The number of carbonyl (C=O) groups excluding carboxylic acids is 1. The van der Waals surface area contributed by atoms with Crippen molar-refractivity contribution >= 4 is 17.7 Å². The van der Waals surface area contributed by atoms with Crippen molar-refractivity contribution in [2.75, 3.05) is 18.9 Å². The van der Waals surface area contributed by atoms with E-state index in [9.17, 15) is 9.90 Å². The number of hydrogen-bond donors (Lipinski definition) is 1. The van der Waals surface area contributed by atoms with Crippen LogP contribution in [0.15, 0.2) is 29.2 Å². The molecule has 1 saturated heterocycles. The molecular formula is C16H21NO2S. The van der Waals surface area contributed by atoms with Crippen LogP contribution < -0.4 is 0 Å². The second kappa shape index (κ2) is 5.78. The number of nitrogens with zero attached hydrogens (tertiary/aromatic N) is 1. The second-order valence-corrected chi connectivity index (χ2v) is 6.93. The fraction of sp³-hybridized carbons (Fsp3) is 0.562. The molecule has 108 valence electrons. The Morgan fingerprint density at radius 3 is 3.00 bits per heavy atom. The zero-order valence-corrected chi connectivity index (χ0v) is 12.6. The lowest BCUT2D eigenvalue weighted by Crippen LogP contribution is -2.48. The van der Waals surface area contributed by atoms with Crippen LogP contribution in [0.4, 0.5) is 0 Å². The van der Waals surface area contributed by atoms with E-state index in [1.165, 1.54) is 10.5 Å². The molecule has 3 nitrogen and oxygen atoms in total. The highest BCUT2D eigenvalue weighted by atomic mass is 32.2. The van der Waals surface area contributed by atoms with Gasteiger partial charge in [-0.2, -0.15) is 0 Å². The number of aliphatic hydroxyl groups is 1. The lowest BCUT2D eigenvalue weighted by molar-refractivity contribution is -0.137. The predicted molar refractivity (Wildman–Crippen MR) is 80.9 cm³/mol. The summed E-state index contributed by atoms with van der Waals surface area (Å²) in [6.07, 6.45) is 2.02. The van der Waals surface area contributed by atoms with Crippen LogP contribution in [0, 0.1) is 5.92 Å². The third-order valence-corrected chi connectivity index (χ3v) is 5.70. The van der Waals surface area contributed by atoms with Gasteiger partial charge in [0.2, 0.25) is 5.91 Å². The summed E-state index contributed by atoms with van der Waals surface area (Å²) in [5.41, 5.74) is 1.18. The number of likely N-dealkylation sites (tertiary alicyclic amines) is 1. The van der Waals surface area contributed by atoms with Gasteiger partial charge in [-0.25, -0.2) is 0 Å².